The average molecular weight is 387 g/mol. The second kappa shape index (κ2) is 8.22. The van der Waals surface area contributed by atoms with Crippen molar-refractivity contribution in [1.82, 2.24) is 10.1 Å². The Morgan fingerprint density at radius 2 is 1.85 bits per heavy atom. The van der Waals surface area contributed by atoms with E-state index < -0.39 is 5.97 Å². The number of hydrogen-bond donors (Lipinski definition) is 0. The number of carbonyl (C=O) groups excluding carboxylic acids is 1. The van der Waals surface area contributed by atoms with E-state index in [-0.39, 0.29) is 19.1 Å². The number of ether oxygens (including phenoxy) is 2. The molecular weight excluding hydrogens is 368 g/mol. The first-order chi connectivity index (χ1) is 12.9. The van der Waals surface area contributed by atoms with Crippen LogP contribution in [0.15, 0.2) is 40.9 Å². The van der Waals surface area contributed by atoms with Gasteiger partial charge in [0.1, 0.15) is 5.75 Å². The normalized spacial score (nSPS) is 10.7. The van der Waals surface area contributed by atoms with Crippen LogP contribution in [0.2, 0.25) is 5.02 Å². The number of nitrogens with zero attached hydrogens (tertiary/aromatic N) is 2. The van der Waals surface area contributed by atoms with Crippen molar-refractivity contribution in [3.05, 3.63) is 64.0 Å². The first kappa shape index (κ1) is 18.9. The fourth-order valence-electron chi connectivity index (χ4n) is 2.77. The van der Waals surface area contributed by atoms with E-state index in [4.69, 9.17) is 25.6 Å². The topological polar surface area (TPSA) is 74.5 Å². The van der Waals surface area contributed by atoms with Gasteiger partial charge in [-0.25, -0.2) is 4.79 Å². The Kier molecular flexibility index (Phi) is 5.76. The maximum Gasteiger partial charge on any atom is 0.344 e. The molecule has 27 heavy (non-hydrogen) atoms. The quantitative estimate of drug-likeness (QED) is 0.583. The van der Waals surface area contributed by atoms with Gasteiger partial charge in [-0.2, -0.15) is 4.98 Å². The molecule has 0 aliphatic heterocycles. The lowest BCUT2D eigenvalue weighted by atomic mass is 10.1. The highest BCUT2D eigenvalue weighted by Crippen LogP contribution is 2.25. The van der Waals surface area contributed by atoms with Crippen molar-refractivity contribution in [2.24, 2.45) is 0 Å². The molecule has 2 aromatic carbocycles. The molecule has 0 aliphatic rings. The lowest BCUT2D eigenvalue weighted by Gasteiger charge is -2.12. The van der Waals surface area contributed by atoms with E-state index in [1.165, 1.54) is 0 Å². The SMILES string of the molecule is Cc1cc(C)c(OCC(=O)OCc2nc(-c3ccccc3Cl)no2)c(C)c1. The predicted octanol–water partition coefficient (Wildman–Crippen LogP) is 4.44. The third kappa shape index (κ3) is 4.65. The van der Waals surface area contributed by atoms with Crippen molar-refractivity contribution in [2.75, 3.05) is 6.61 Å². The first-order valence-corrected chi connectivity index (χ1v) is 8.75. The number of aromatic nitrogens is 2. The van der Waals surface area contributed by atoms with Crippen LogP contribution >= 0.6 is 11.6 Å². The average Bonchev–Trinajstić information content (AvgIpc) is 3.08. The number of halogens is 1. The number of benzene rings is 2. The van der Waals surface area contributed by atoms with Gasteiger partial charge in [-0.05, 0) is 44.0 Å². The van der Waals surface area contributed by atoms with Crippen LogP contribution in [0.25, 0.3) is 11.4 Å². The molecule has 0 spiro atoms. The van der Waals surface area contributed by atoms with Gasteiger partial charge in [-0.3, -0.25) is 0 Å². The Balaban J connectivity index is 1.55. The highest BCUT2D eigenvalue weighted by molar-refractivity contribution is 6.33. The lowest BCUT2D eigenvalue weighted by Crippen LogP contribution is -2.15. The zero-order valence-corrected chi connectivity index (χ0v) is 16.0. The maximum atomic E-state index is 12.0. The van der Waals surface area contributed by atoms with Gasteiger partial charge < -0.3 is 14.0 Å². The molecule has 7 heteroatoms. The Hall–Kier alpha value is -2.86. The fourth-order valence-corrected chi connectivity index (χ4v) is 3.00. The number of aryl methyl sites for hydroxylation is 3. The molecule has 0 N–H and O–H groups in total. The molecule has 0 amide bonds. The third-order valence-electron chi connectivity index (χ3n) is 3.88. The van der Waals surface area contributed by atoms with E-state index in [9.17, 15) is 4.79 Å². The molecule has 0 saturated carbocycles. The van der Waals surface area contributed by atoms with Crippen LogP contribution < -0.4 is 4.74 Å². The van der Waals surface area contributed by atoms with Crippen LogP contribution in [0.3, 0.4) is 0 Å². The fraction of sp³-hybridized carbons (Fsp3) is 0.250. The van der Waals surface area contributed by atoms with Gasteiger partial charge in [-0.15, -0.1) is 0 Å². The van der Waals surface area contributed by atoms with E-state index in [2.05, 4.69) is 10.1 Å². The van der Waals surface area contributed by atoms with Crippen LogP contribution in [-0.2, 0) is 16.1 Å². The molecule has 0 unspecified atom stereocenters. The van der Waals surface area contributed by atoms with Crippen LogP contribution in [0.5, 0.6) is 5.75 Å². The van der Waals surface area contributed by atoms with Crippen molar-refractivity contribution in [2.45, 2.75) is 27.4 Å². The molecule has 3 rings (SSSR count). The van der Waals surface area contributed by atoms with Gasteiger partial charge in [0.2, 0.25) is 5.82 Å². The number of rotatable bonds is 6. The predicted molar refractivity (Wildman–Crippen MR) is 101 cm³/mol. The largest absolute Gasteiger partial charge is 0.481 e. The zero-order valence-electron chi connectivity index (χ0n) is 15.3. The summed E-state index contributed by atoms with van der Waals surface area (Å²) in [6.45, 7) is 5.56. The highest BCUT2D eigenvalue weighted by atomic mass is 35.5. The van der Waals surface area contributed by atoms with Crippen LogP contribution in [0.4, 0.5) is 0 Å². The summed E-state index contributed by atoms with van der Waals surface area (Å²) in [7, 11) is 0. The van der Waals surface area contributed by atoms with E-state index in [1.54, 1.807) is 12.1 Å². The summed E-state index contributed by atoms with van der Waals surface area (Å²) < 4.78 is 15.8. The molecule has 6 nitrogen and oxygen atoms in total. The molecule has 0 fully saturated rings. The number of carbonyl (C=O) groups is 1. The summed E-state index contributed by atoms with van der Waals surface area (Å²) >= 11 is 6.11. The van der Waals surface area contributed by atoms with Gasteiger partial charge >= 0.3 is 5.97 Å². The van der Waals surface area contributed by atoms with Crippen molar-refractivity contribution in [3.63, 3.8) is 0 Å². The van der Waals surface area contributed by atoms with Crippen molar-refractivity contribution >= 4 is 17.6 Å². The van der Waals surface area contributed by atoms with Gasteiger partial charge in [-0.1, -0.05) is 46.6 Å². The third-order valence-corrected chi connectivity index (χ3v) is 4.21. The lowest BCUT2D eigenvalue weighted by molar-refractivity contribution is -0.148. The van der Waals surface area contributed by atoms with Crippen molar-refractivity contribution in [1.29, 1.82) is 0 Å². The molecular formula is C20H19ClN2O4. The minimum atomic E-state index is -0.521. The van der Waals surface area contributed by atoms with Crippen LogP contribution in [-0.4, -0.2) is 22.7 Å². The smallest absolute Gasteiger partial charge is 0.344 e. The highest BCUT2D eigenvalue weighted by Gasteiger charge is 2.14. The van der Waals surface area contributed by atoms with E-state index >= 15 is 0 Å². The molecule has 1 heterocycles. The zero-order chi connectivity index (χ0) is 19.4. The summed E-state index contributed by atoms with van der Waals surface area (Å²) in [5.41, 5.74) is 3.74. The second-order valence-corrected chi connectivity index (χ2v) is 6.58. The van der Waals surface area contributed by atoms with Crippen LogP contribution in [0, 0.1) is 20.8 Å². The van der Waals surface area contributed by atoms with Crippen molar-refractivity contribution in [3.8, 4) is 17.1 Å². The Labute approximate surface area is 162 Å². The molecule has 0 radical (unpaired) electrons. The minimum Gasteiger partial charge on any atom is -0.481 e. The summed E-state index contributed by atoms with van der Waals surface area (Å²) in [4.78, 5) is 16.1. The van der Waals surface area contributed by atoms with E-state index in [0.717, 1.165) is 16.7 Å². The summed E-state index contributed by atoms with van der Waals surface area (Å²) in [5, 5.41) is 4.37. The van der Waals surface area contributed by atoms with Gasteiger partial charge in [0.25, 0.3) is 5.89 Å². The molecule has 1 aromatic heterocycles. The summed E-state index contributed by atoms with van der Waals surface area (Å²) in [6.07, 6.45) is 0. The van der Waals surface area contributed by atoms with Gasteiger partial charge in [0.15, 0.2) is 13.2 Å². The number of esters is 1. The Bertz CT molecular complexity index is 945. The van der Waals surface area contributed by atoms with Gasteiger partial charge in [0.05, 0.1) is 5.02 Å². The van der Waals surface area contributed by atoms with Gasteiger partial charge in [0, 0.05) is 5.56 Å². The number of hydrogen-bond acceptors (Lipinski definition) is 6. The second-order valence-electron chi connectivity index (χ2n) is 6.17. The monoisotopic (exact) mass is 386 g/mol. The molecule has 3 aromatic rings. The minimum absolute atomic E-state index is 0.133. The van der Waals surface area contributed by atoms with E-state index in [0.29, 0.717) is 22.2 Å². The first-order valence-electron chi connectivity index (χ1n) is 8.38. The maximum absolute atomic E-state index is 12.0. The van der Waals surface area contributed by atoms with Crippen LogP contribution in [0.1, 0.15) is 22.6 Å². The van der Waals surface area contributed by atoms with E-state index in [1.807, 2.05) is 45.0 Å². The molecule has 0 saturated heterocycles. The molecule has 0 bridgehead atoms. The molecule has 0 aliphatic carbocycles. The molecule has 140 valence electrons. The molecule has 0 atom stereocenters. The standard InChI is InChI=1S/C20H19ClN2O4/c1-12-8-13(2)19(14(3)9-12)26-11-18(24)25-10-17-22-20(23-27-17)15-6-4-5-7-16(15)21/h4-9H,10-11H2,1-3H3. The summed E-state index contributed by atoms with van der Waals surface area (Å²) in [5.74, 6) is 0.693. The Morgan fingerprint density at radius 3 is 2.56 bits per heavy atom. The van der Waals surface area contributed by atoms with Crippen molar-refractivity contribution < 1.29 is 18.8 Å². The summed E-state index contributed by atoms with van der Waals surface area (Å²) in [6, 6.07) is 11.2. The Morgan fingerprint density at radius 1 is 1.15 bits per heavy atom.